The molecule has 2 nitrogen and oxygen atoms in total. The van der Waals surface area contributed by atoms with Crippen LogP contribution in [0.5, 0.6) is 0 Å². The van der Waals surface area contributed by atoms with Crippen LogP contribution in [0.3, 0.4) is 0 Å². The molecule has 2 heteroatoms. The lowest BCUT2D eigenvalue weighted by atomic mass is 10.0. The average Bonchev–Trinajstić information content (AvgIpc) is 2.00. The Bertz CT molecular complexity index is 110. The molecule has 1 radical (unpaired) electrons. The molecule has 0 aliphatic carbocycles. The first-order chi connectivity index (χ1) is 5.52. The van der Waals surface area contributed by atoms with E-state index in [1.807, 2.05) is 0 Å². The molecule has 0 aliphatic heterocycles. The summed E-state index contributed by atoms with van der Waals surface area (Å²) in [6, 6.07) is 0. The zero-order chi connectivity index (χ0) is 9.61. The third kappa shape index (κ3) is 5.56. The Hall–Kier alpha value is -0.0800. The Labute approximate surface area is 76.3 Å². The van der Waals surface area contributed by atoms with Gasteiger partial charge in [0.05, 0.1) is 18.3 Å². The van der Waals surface area contributed by atoms with Gasteiger partial charge in [-0.05, 0) is 27.2 Å². The zero-order valence-electron chi connectivity index (χ0n) is 8.72. The van der Waals surface area contributed by atoms with Crippen molar-refractivity contribution in [2.75, 3.05) is 13.7 Å². The maximum Gasteiger partial charge on any atom is 0.0806 e. The van der Waals surface area contributed by atoms with E-state index in [9.17, 15) is 0 Å². The number of hydrogen-bond donors (Lipinski definition) is 0. The number of ether oxygens (including phenoxy) is 2. The number of rotatable bonds is 6. The zero-order valence-corrected chi connectivity index (χ0v) is 8.72. The van der Waals surface area contributed by atoms with Gasteiger partial charge in [-0.2, -0.15) is 0 Å². The minimum absolute atomic E-state index is 0.0385. The predicted octanol–water partition coefficient (Wildman–Crippen LogP) is 2.43. The summed E-state index contributed by atoms with van der Waals surface area (Å²) in [5.41, 5.74) is -0.0385. The molecule has 1 atom stereocenters. The maximum atomic E-state index is 5.64. The summed E-state index contributed by atoms with van der Waals surface area (Å²) in [4.78, 5) is 0. The first-order valence-corrected chi connectivity index (χ1v) is 4.51. The van der Waals surface area contributed by atoms with Crippen LogP contribution in [0.4, 0.5) is 0 Å². The van der Waals surface area contributed by atoms with E-state index in [0.29, 0.717) is 6.61 Å². The van der Waals surface area contributed by atoms with Crippen LogP contribution in [0.25, 0.3) is 0 Å². The number of methoxy groups -OCH3 is 1. The van der Waals surface area contributed by atoms with Gasteiger partial charge in [-0.3, -0.25) is 0 Å². The molecule has 0 bridgehead atoms. The van der Waals surface area contributed by atoms with E-state index in [0.717, 1.165) is 12.8 Å². The summed E-state index contributed by atoms with van der Waals surface area (Å²) in [6.45, 7) is 10.7. The third-order valence-corrected chi connectivity index (χ3v) is 1.85. The molecule has 0 saturated heterocycles. The van der Waals surface area contributed by atoms with Crippen molar-refractivity contribution in [1.29, 1.82) is 0 Å². The first-order valence-electron chi connectivity index (χ1n) is 4.51. The van der Waals surface area contributed by atoms with Gasteiger partial charge in [0.15, 0.2) is 0 Å². The van der Waals surface area contributed by atoms with Crippen LogP contribution in [0.1, 0.15) is 33.6 Å². The van der Waals surface area contributed by atoms with Gasteiger partial charge in [0.25, 0.3) is 0 Å². The fourth-order valence-electron chi connectivity index (χ4n) is 1.06. The van der Waals surface area contributed by atoms with Gasteiger partial charge >= 0.3 is 0 Å². The van der Waals surface area contributed by atoms with E-state index < -0.39 is 0 Å². The molecule has 1 unspecified atom stereocenters. The van der Waals surface area contributed by atoms with Crippen molar-refractivity contribution in [3.63, 3.8) is 0 Å². The molecule has 0 fully saturated rings. The molecule has 0 aromatic heterocycles. The fraction of sp³-hybridized carbons (Fsp3) is 0.900. The van der Waals surface area contributed by atoms with Crippen LogP contribution in [0.15, 0.2) is 0 Å². The Balaban J connectivity index is 3.59. The summed E-state index contributed by atoms with van der Waals surface area (Å²) in [6.07, 6.45) is 2.16. The molecule has 12 heavy (non-hydrogen) atoms. The van der Waals surface area contributed by atoms with Crippen molar-refractivity contribution in [2.45, 2.75) is 45.3 Å². The SMILES string of the molecule is [CH2]C(COC(C)(C)CCC)OC. The highest BCUT2D eigenvalue weighted by molar-refractivity contribution is 4.69. The molecule has 73 valence electrons. The van der Waals surface area contributed by atoms with Crippen LogP contribution < -0.4 is 0 Å². The summed E-state index contributed by atoms with van der Waals surface area (Å²) in [7, 11) is 1.65. The van der Waals surface area contributed by atoms with E-state index in [-0.39, 0.29) is 11.7 Å². The summed E-state index contributed by atoms with van der Waals surface area (Å²) >= 11 is 0. The molecule has 0 saturated carbocycles. The lowest BCUT2D eigenvalue weighted by Crippen LogP contribution is -2.28. The van der Waals surface area contributed by atoms with Crippen molar-refractivity contribution in [2.24, 2.45) is 0 Å². The molecular formula is C10H21O2. The maximum absolute atomic E-state index is 5.64. The second-order valence-corrected chi connectivity index (χ2v) is 3.68. The highest BCUT2D eigenvalue weighted by atomic mass is 16.5. The second kappa shape index (κ2) is 5.55. The van der Waals surface area contributed by atoms with Crippen LogP contribution in [-0.2, 0) is 9.47 Å². The summed E-state index contributed by atoms with van der Waals surface area (Å²) < 4.78 is 10.6. The quantitative estimate of drug-likeness (QED) is 0.614. The second-order valence-electron chi connectivity index (χ2n) is 3.68. The van der Waals surface area contributed by atoms with E-state index in [1.54, 1.807) is 7.11 Å². The van der Waals surface area contributed by atoms with Gasteiger partial charge in [0.1, 0.15) is 0 Å². The Morgan fingerprint density at radius 2 is 2.00 bits per heavy atom. The molecular weight excluding hydrogens is 152 g/mol. The minimum atomic E-state index is -0.0545. The fourth-order valence-corrected chi connectivity index (χ4v) is 1.06. The monoisotopic (exact) mass is 173 g/mol. The van der Waals surface area contributed by atoms with Crippen LogP contribution in [0, 0.1) is 6.92 Å². The largest absolute Gasteiger partial charge is 0.379 e. The lowest BCUT2D eigenvalue weighted by molar-refractivity contribution is -0.0622. The molecule has 0 N–H and O–H groups in total. The van der Waals surface area contributed by atoms with Gasteiger partial charge < -0.3 is 9.47 Å². The molecule has 0 aliphatic rings. The van der Waals surface area contributed by atoms with Crippen molar-refractivity contribution in [3.8, 4) is 0 Å². The van der Waals surface area contributed by atoms with Crippen molar-refractivity contribution < 1.29 is 9.47 Å². The van der Waals surface area contributed by atoms with Gasteiger partial charge in [0.2, 0.25) is 0 Å². The normalized spacial score (nSPS) is 14.8. The van der Waals surface area contributed by atoms with Crippen LogP contribution in [-0.4, -0.2) is 25.4 Å². The Morgan fingerprint density at radius 3 is 2.42 bits per heavy atom. The standard InChI is InChI=1S/C10H21O2/c1-6-7-10(3,4)12-8-9(2)11-5/h9H,2,6-8H2,1,3-5H3. The molecule has 0 heterocycles. The Kier molecular flexibility index (Phi) is 5.51. The molecule has 0 aromatic carbocycles. The summed E-state index contributed by atoms with van der Waals surface area (Å²) in [5.74, 6) is 0. The van der Waals surface area contributed by atoms with Crippen molar-refractivity contribution >= 4 is 0 Å². The highest BCUT2D eigenvalue weighted by Crippen LogP contribution is 2.16. The van der Waals surface area contributed by atoms with Crippen molar-refractivity contribution in [3.05, 3.63) is 6.92 Å². The summed E-state index contributed by atoms with van der Waals surface area (Å²) in [5, 5.41) is 0. The van der Waals surface area contributed by atoms with Crippen molar-refractivity contribution in [1.82, 2.24) is 0 Å². The first kappa shape index (κ1) is 11.9. The van der Waals surface area contributed by atoms with E-state index in [1.165, 1.54) is 0 Å². The smallest absolute Gasteiger partial charge is 0.0806 e. The highest BCUT2D eigenvalue weighted by Gasteiger charge is 2.17. The van der Waals surface area contributed by atoms with E-state index >= 15 is 0 Å². The minimum Gasteiger partial charge on any atom is -0.379 e. The van der Waals surface area contributed by atoms with Gasteiger partial charge in [-0.1, -0.05) is 13.3 Å². The molecule has 0 rings (SSSR count). The Morgan fingerprint density at radius 1 is 1.42 bits per heavy atom. The van der Waals surface area contributed by atoms with Gasteiger partial charge in [-0.25, -0.2) is 0 Å². The van der Waals surface area contributed by atoms with Crippen LogP contribution in [0.2, 0.25) is 0 Å². The van der Waals surface area contributed by atoms with Crippen LogP contribution >= 0.6 is 0 Å². The lowest BCUT2D eigenvalue weighted by Gasteiger charge is -2.26. The predicted molar refractivity (Wildman–Crippen MR) is 51.1 cm³/mol. The molecule has 0 amide bonds. The average molecular weight is 173 g/mol. The van der Waals surface area contributed by atoms with Gasteiger partial charge in [0, 0.05) is 7.11 Å². The molecule has 0 aromatic rings. The van der Waals surface area contributed by atoms with E-state index in [2.05, 4.69) is 27.7 Å². The van der Waals surface area contributed by atoms with Gasteiger partial charge in [-0.15, -0.1) is 0 Å². The van der Waals surface area contributed by atoms with E-state index in [4.69, 9.17) is 9.47 Å². The third-order valence-electron chi connectivity index (χ3n) is 1.85. The molecule has 0 spiro atoms. The number of hydrogen-bond acceptors (Lipinski definition) is 2. The topological polar surface area (TPSA) is 18.5 Å².